The Morgan fingerprint density at radius 3 is 2.76 bits per heavy atom. The first-order valence-electron chi connectivity index (χ1n) is 4.83. The maximum absolute atomic E-state index is 11.9. The van der Waals surface area contributed by atoms with Crippen molar-refractivity contribution in [1.29, 1.82) is 0 Å². The molecule has 0 spiro atoms. The molecule has 1 amide bonds. The first-order valence-corrected chi connectivity index (χ1v) is 6.01. The zero-order chi connectivity index (χ0) is 12.3. The van der Waals surface area contributed by atoms with E-state index in [1.54, 1.807) is 42.6 Å². The van der Waals surface area contributed by atoms with Crippen LogP contribution in [0.1, 0.15) is 10.4 Å². The van der Waals surface area contributed by atoms with Crippen LogP contribution in [0.25, 0.3) is 0 Å². The lowest BCUT2D eigenvalue weighted by Crippen LogP contribution is -2.12. The molecule has 0 aliphatic rings. The summed E-state index contributed by atoms with van der Waals surface area (Å²) in [4.78, 5) is 15.9. The Balaban J connectivity index is 2.20. The molecule has 0 aliphatic heterocycles. The number of halogens is 2. The van der Waals surface area contributed by atoms with E-state index in [9.17, 15) is 4.79 Å². The molecule has 0 atom stereocenters. The number of hydrogen-bond acceptors (Lipinski definition) is 2. The number of pyridine rings is 1. The summed E-state index contributed by atoms with van der Waals surface area (Å²) in [7, 11) is 0. The molecule has 2 rings (SSSR count). The fourth-order valence-corrected chi connectivity index (χ4v) is 2.17. The van der Waals surface area contributed by atoms with Crippen LogP contribution in [0.15, 0.2) is 47.1 Å². The average molecular weight is 312 g/mol. The quantitative estimate of drug-likeness (QED) is 0.918. The van der Waals surface area contributed by atoms with Gasteiger partial charge in [-0.3, -0.25) is 4.79 Å². The highest BCUT2D eigenvalue weighted by atomic mass is 79.9. The van der Waals surface area contributed by atoms with E-state index in [0.29, 0.717) is 16.4 Å². The van der Waals surface area contributed by atoms with E-state index < -0.39 is 0 Å². The van der Waals surface area contributed by atoms with Crippen LogP contribution in [0, 0.1) is 0 Å². The zero-order valence-electron chi connectivity index (χ0n) is 8.65. The predicted molar refractivity (Wildman–Crippen MR) is 71.3 cm³/mol. The van der Waals surface area contributed by atoms with E-state index in [1.165, 1.54) is 0 Å². The third-order valence-corrected chi connectivity index (χ3v) is 2.71. The van der Waals surface area contributed by atoms with Crippen molar-refractivity contribution in [3.05, 3.63) is 57.7 Å². The molecule has 1 aromatic heterocycles. The minimum absolute atomic E-state index is 0.244. The minimum atomic E-state index is -0.244. The molecule has 1 N–H and O–H groups in total. The van der Waals surface area contributed by atoms with Gasteiger partial charge in [-0.1, -0.05) is 33.6 Å². The maximum atomic E-state index is 11.9. The van der Waals surface area contributed by atoms with E-state index in [0.717, 1.165) is 4.47 Å². The first kappa shape index (κ1) is 12.1. The summed E-state index contributed by atoms with van der Waals surface area (Å²) in [5.41, 5.74) is 0.482. The van der Waals surface area contributed by atoms with E-state index in [-0.39, 0.29) is 5.91 Å². The van der Waals surface area contributed by atoms with Gasteiger partial charge in [0.1, 0.15) is 5.82 Å². The summed E-state index contributed by atoms with van der Waals surface area (Å²) < 4.78 is 0.760. The Labute approximate surface area is 112 Å². The summed E-state index contributed by atoms with van der Waals surface area (Å²) in [6.07, 6.45) is 1.61. The van der Waals surface area contributed by atoms with E-state index in [4.69, 9.17) is 11.6 Å². The second-order valence-corrected chi connectivity index (χ2v) is 4.68. The Hall–Kier alpha value is -1.39. The average Bonchev–Trinajstić information content (AvgIpc) is 2.29. The Morgan fingerprint density at radius 1 is 1.29 bits per heavy atom. The maximum Gasteiger partial charge on any atom is 0.256 e. The monoisotopic (exact) mass is 310 g/mol. The summed E-state index contributed by atoms with van der Waals surface area (Å²) in [6.45, 7) is 0. The molecule has 0 radical (unpaired) electrons. The zero-order valence-corrected chi connectivity index (χ0v) is 11.0. The van der Waals surface area contributed by atoms with Gasteiger partial charge in [0.25, 0.3) is 5.91 Å². The number of nitrogens with zero attached hydrogens (tertiary/aromatic N) is 1. The molecule has 17 heavy (non-hydrogen) atoms. The topological polar surface area (TPSA) is 42.0 Å². The molecule has 5 heteroatoms. The fraction of sp³-hybridized carbons (Fsp3) is 0. The third kappa shape index (κ3) is 3.28. The fourth-order valence-electron chi connectivity index (χ4n) is 1.31. The molecule has 2 aromatic rings. The van der Waals surface area contributed by atoms with Gasteiger partial charge in [0.15, 0.2) is 0 Å². The number of benzene rings is 1. The van der Waals surface area contributed by atoms with Gasteiger partial charge in [-0.2, -0.15) is 0 Å². The minimum Gasteiger partial charge on any atom is -0.307 e. The molecule has 86 valence electrons. The van der Waals surface area contributed by atoms with Crippen molar-refractivity contribution < 1.29 is 4.79 Å². The van der Waals surface area contributed by atoms with Crippen molar-refractivity contribution in [2.75, 3.05) is 5.32 Å². The van der Waals surface area contributed by atoms with Crippen LogP contribution in [0.2, 0.25) is 5.02 Å². The lowest BCUT2D eigenvalue weighted by molar-refractivity contribution is 0.102. The van der Waals surface area contributed by atoms with Crippen LogP contribution in [-0.2, 0) is 0 Å². The van der Waals surface area contributed by atoms with Crippen LogP contribution in [-0.4, -0.2) is 10.9 Å². The van der Waals surface area contributed by atoms with Gasteiger partial charge in [-0.05, 0) is 30.3 Å². The standard InChI is InChI=1S/C12H8BrClN2O/c13-9-5-8(6-10(14)7-9)12(17)16-11-3-1-2-4-15-11/h1-7H,(H,15,16,17). The van der Waals surface area contributed by atoms with E-state index >= 15 is 0 Å². The normalized spacial score (nSPS) is 10.0. The molecule has 3 nitrogen and oxygen atoms in total. The molecule has 1 heterocycles. The molecule has 1 aromatic carbocycles. The lowest BCUT2D eigenvalue weighted by Gasteiger charge is -2.05. The molecular formula is C12H8BrClN2O. The van der Waals surface area contributed by atoms with Crippen LogP contribution in [0.4, 0.5) is 5.82 Å². The van der Waals surface area contributed by atoms with Gasteiger partial charge >= 0.3 is 0 Å². The number of aromatic nitrogens is 1. The highest BCUT2D eigenvalue weighted by Gasteiger charge is 2.08. The highest BCUT2D eigenvalue weighted by Crippen LogP contribution is 2.20. The lowest BCUT2D eigenvalue weighted by atomic mass is 10.2. The van der Waals surface area contributed by atoms with Crippen molar-refractivity contribution in [2.45, 2.75) is 0 Å². The molecule has 0 saturated heterocycles. The van der Waals surface area contributed by atoms with Gasteiger partial charge in [0.05, 0.1) is 0 Å². The molecule has 0 bridgehead atoms. The number of carbonyl (C=O) groups is 1. The second-order valence-electron chi connectivity index (χ2n) is 3.33. The number of rotatable bonds is 2. The number of carbonyl (C=O) groups excluding carboxylic acids is 1. The Bertz CT molecular complexity index is 525. The van der Waals surface area contributed by atoms with Crippen LogP contribution < -0.4 is 5.32 Å². The van der Waals surface area contributed by atoms with Crippen molar-refractivity contribution >= 4 is 39.3 Å². The summed E-state index contributed by atoms with van der Waals surface area (Å²) in [5, 5.41) is 3.19. The SMILES string of the molecule is O=C(Nc1ccccn1)c1cc(Cl)cc(Br)c1. The number of nitrogens with one attached hydrogen (secondary N) is 1. The summed E-state index contributed by atoms with van der Waals surface area (Å²) >= 11 is 9.16. The van der Waals surface area contributed by atoms with Gasteiger partial charge in [-0.15, -0.1) is 0 Å². The van der Waals surface area contributed by atoms with E-state index in [2.05, 4.69) is 26.2 Å². The highest BCUT2D eigenvalue weighted by molar-refractivity contribution is 9.10. The van der Waals surface area contributed by atoms with Crippen molar-refractivity contribution in [1.82, 2.24) is 4.98 Å². The third-order valence-electron chi connectivity index (χ3n) is 2.03. The number of amides is 1. The molecule has 0 fully saturated rings. The first-order chi connectivity index (χ1) is 8.15. The smallest absolute Gasteiger partial charge is 0.256 e. The number of anilines is 1. The number of hydrogen-bond donors (Lipinski definition) is 1. The summed E-state index contributed by atoms with van der Waals surface area (Å²) in [6, 6.07) is 10.3. The Morgan fingerprint density at radius 2 is 2.12 bits per heavy atom. The van der Waals surface area contributed by atoms with Crippen molar-refractivity contribution in [3.63, 3.8) is 0 Å². The van der Waals surface area contributed by atoms with Crippen LogP contribution in [0.3, 0.4) is 0 Å². The summed E-state index contributed by atoms with van der Waals surface area (Å²) in [5.74, 6) is 0.264. The molecule has 0 saturated carbocycles. The molecule has 0 unspecified atom stereocenters. The molecular weight excluding hydrogens is 304 g/mol. The van der Waals surface area contributed by atoms with Crippen molar-refractivity contribution in [3.8, 4) is 0 Å². The van der Waals surface area contributed by atoms with Gasteiger partial charge in [0.2, 0.25) is 0 Å². The Kier molecular flexibility index (Phi) is 3.76. The van der Waals surface area contributed by atoms with E-state index in [1.807, 2.05) is 0 Å². The van der Waals surface area contributed by atoms with Gasteiger partial charge < -0.3 is 5.32 Å². The van der Waals surface area contributed by atoms with Crippen LogP contribution in [0.5, 0.6) is 0 Å². The second kappa shape index (κ2) is 5.29. The van der Waals surface area contributed by atoms with Crippen LogP contribution >= 0.6 is 27.5 Å². The van der Waals surface area contributed by atoms with Gasteiger partial charge in [-0.25, -0.2) is 4.98 Å². The largest absolute Gasteiger partial charge is 0.307 e. The molecule has 0 aliphatic carbocycles. The predicted octanol–water partition coefficient (Wildman–Crippen LogP) is 3.75. The van der Waals surface area contributed by atoms with Crippen molar-refractivity contribution in [2.24, 2.45) is 0 Å². The van der Waals surface area contributed by atoms with Gasteiger partial charge in [0, 0.05) is 21.3 Å².